The molecule has 0 spiro atoms. The van der Waals surface area contributed by atoms with Gasteiger partial charge in [-0.05, 0) is 42.9 Å². The maximum Gasteiger partial charge on any atom is 0.315 e. The van der Waals surface area contributed by atoms with Crippen LogP contribution < -0.4 is 10.6 Å². The Morgan fingerprint density at radius 1 is 0.893 bits per heavy atom. The topological polar surface area (TPSA) is 59.0 Å². The fourth-order valence-corrected chi connectivity index (χ4v) is 3.99. The van der Waals surface area contributed by atoms with Crippen LogP contribution in [0.5, 0.6) is 0 Å². The molecule has 5 heteroatoms. The number of nitrogens with one attached hydrogen (secondary N) is 2. The zero-order valence-corrected chi connectivity index (χ0v) is 15.9. The summed E-state index contributed by atoms with van der Waals surface area (Å²) >= 11 is 0. The highest BCUT2D eigenvalue weighted by molar-refractivity contribution is 5.75. The highest BCUT2D eigenvalue weighted by Gasteiger charge is 2.25. The first-order chi connectivity index (χ1) is 13.8. The first-order valence-electron chi connectivity index (χ1n) is 9.95. The molecule has 1 aliphatic rings. The van der Waals surface area contributed by atoms with Crippen LogP contribution in [0.1, 0.15) is 48.9 Å². The van der Waals surface area contributed by atoms with E-state index < -0.39 is 0 Å². The van der Waals surface area contributed by atoms with Crippen molar-refractivity contribution in [1.29, 1.82) is 0 Å². The molecule has 0 radical (unpaired) electrons. The normalized spacial score (nSPS) is 19.3. The Hall–Kier alpha value is -3.08. The zero-order chi connectivity index (χ0) is 19.2. The third kappa shape index (κ3) is 4.42. The second-order valence-electron chi connectivity index (χ2n) is 7.36. The van der Waals surface area contributed by atoms with Crippen LogP contribution >= 0.6 is 0 Å². The van der Waals surface area contributed by atoms with Crippen molar-refractivity contribution in [3.8, 4) is 0 Å². The summed E-state index contributed by atoms with van der Waals surface area (Å²) in [5.41, 5.74) is 2.15. The second kappa shape index (κ2) is 8.74. The van der Waals surface area contributed by atoms with Crippen molar-refractivity contribution in [2.45, 2.75) is 43.8 Å². The summed E-state index contributed by atoms with van der Waals surface area (Å²) in [6, 6.07) is 22.5. The molecule has 1 aromatic heterocycles. The molecule has 1 fully saturated rings. The smallest absolute Gasteiger partial charge is 0.315 e. The van der Waals surface area contributed by atoms with Gasteiger partial charge in [-0.3, -0.25) is 4.68 Å². The van der Waals surface area contributed by atoms with Gasteiger partial charge in [-0.1, -0.05) is 60.7 Å². The second-order valence-corrected chi connectivity index (χ2v) is 7.36. The van der Waals surface area contributed by atoms with Crippen molar-refractivity contribution in [2.24, 2.45) is 0 Å². The van der Waals surface area contributed by atoms with Gasteiger partial charge in [0.15, 0.2) is 0 Å². The highest BCUT2D eigenvalue weighted by Crippen LogP contribution is 2.28. The number of nitrogens with zero attached hydrogens (tertiary/aromatic N) is 2. The number of benzene rings is 2. The van der Waals surface area contributed by atoms with Crippen LogP contribution in [0.2, 0.25) is 0 Å². The van der Waals surface area contributed by atoms with Gasteiger partial charge in [0, 0.05) is 18.4 Å². The molecule has 5 nitrogen and oxygen atoms in total. The molecular formula is C23H26N4O. The molecule has 0 bridgehead atoms. The van der Waals surface area contributed by atoms with Crippen LogP contribution in [-0.4, -0.2) is 21.9 Å². The van der Waals surface area contributed by atoms with E-state index in [2.05, 4.69) is 15.7 Å². The van der Waals surface area contributed by atoms with E-state index in [9.17, 15) is 4.79 Å². The standard InChI is InChI=1S/C23H26N4O/c28-23(25-20-12-14-21(15-13-20)27-17-7-16-24-27)26-22(18-8-3-1-4-9-18)19-10-5-2-6-11-19/h1-11,16-17,20-22H,12-15H2,(H2,25,26,28). The number of rotatable bonds is 5. The van der Waals surface area contributed by atoms with Crippen LogP contribution in [0.25, 0.3) is 0 Å². The highest BCUT2D eigenvalue weighted by atomic mass is 16.2. The minimum absolute atomic E-state index is 0.111. The quantitative estimate of drug-likeness (QED) is 0.693. The molecule has 0 atom stereocenters. The number of aromatic nitrogens is 2. The molecular weight excluding hydrogens is 348 g/mol. The lowest BCUT2D eigenvalue weighted by atomic mass is 9.91. The first kappa shape index (κ1) is 18.3. The predicted molar refractivity (Wildman–Crippen MR) is 110 cm³/mol. The van der Waals surface area contributed by atoms with Crippen LogP contribution in [0, 0.1) is 0 Å². The van der Waals surface area contributed by atoms with Gasteiger partial charge in [-0.15, -0.1) is 0 Å². The van der Waals surface area contributed by atoms with Crippen molar-refractivity contribution in [1.82, 2.24) is 20.4 Å². The van der Waals surface area contributed by atoms with Gasteiger partial charge in [0.05, 0.1) is 12.1 Å². The molecule has 1 saturated carbocycles. The number of amides is 2. The van der Waals surface area contributed by atoms with Crippen LogP contribution in [-0.2, 0) is 0 Å². The lowest BCUT2D eigenvalue weighted by molar-refractivity contribution is 0.223. The van der Waals surface area contributed by atoms with E-state index >= 15 is 0 Å². The van der Waals surface area contributed by atoms with E-state index in [0.717, 1.165) is 36.8 Å². The molecule has 3 aromatic rings. The lowest BCUT2D eigenvalue weighted by Gasteiger charge is -2.30. The average molecular weight is 374 g/mol. The monoisotopic (exact) mass is 374 g/mol. The van der Waals surface area contributed by atoms with E-state index in [1.807, 2.05) is 83.8 Å². The van der Waals surface area contributed by atoms with Crippen molar-refractivity contribution < 1.29 is 4.79 Å². The van der Waals surface area contributed by atoms with E-state index in [0.29, 0.717) is 6.04 Å². The summed E-state index contributed by atoms with van der Waals surface area (Å²) in [7, 11) is 0. The molecule has 0 saturated heterocycles. The lowest BCUT2D eigenvalue weighted by Crippen LogP contribution is -2.45. The number of urea groups is 1. The number of hydrogen-bond donors (Lipinski definition) is 2. The average Bonchev–Trinajstić information content (AvgIpc) is 3.29. The Kier molecular flexibility index (Phi) is 5.71. The third-order valence-corrected chi connectivity index (χ3v) is 5.47. The van der Waals surface area contributed by atoms with Crippen LogP contribution in [0.15, 0.2) is 79.1 Å². The molecule has 0 unspecified atom stereocenters. The van der Waals surface area contributed by atoms with Crippen molar-refractivity contribution in [3.05, 3.63) is 90.3 Å². The summed E-state index contributed by atoms with van der Waals surface area (Å²) in [4.78, 5) is 12.7. The summed E-state index contributed by atoms with van der Waals surface area (Å²) < 4.78 is 2.04. The number of hydrogen-bond acceptors (Lipinski definition) is 2. The molecule has 0 aliphatic heterocycles. The summed E-state index contributed by atoms with van der Waals surface area (Å²) in [6.07, 6.45) is 7.86. The molecule has 2 aromatic carbocycles. The minimum atomic E-state index is -0.164. The largest absolute Gasteiger partial charge is 0.335 e. The fraction of sp³-hybridized carbons (Fsp3) is 0.304. The van der Waals surface area contributed by atoms with Gasteiger partial charge in [-0.2, -0.15) is 5.10 Å². The molecule has 1 aliphatic carbocycles. The van der Waals surface area contributed by atoms with E-state index in [4.69, 9.17) is 0 Å². The molecule has 2 amide bonds. The fourth-order valence-electron chi connectivity index (χ4n) is 3.99. The van der Waals surface area contributed by atoms with Crippen LogP contribution in [0.4, 0.5) is 4.79 Å². The Morgan fingerprint density at radius 3 is 2.04 bits per heavy atom. The molecule has 4 rings (SSSR count). The Labute approximate surface area is 165 Å². The van der Waals surface area contributed by atoms with E-state index in [1.54, 1.807) is 0 Å². The maximum atomic E-state index is 12.7. The first-order valence-corrected chi connectivity index (χ1v) is 9.95. The third-order valence-electron chi connectivity index (χ3n) is 5.47. The molecule has 28 heavy (non-hydrogen) atoms. The predicted octanol–water partition coefficient (Wildman–Crippen LogP) is 4.46. The van der Waals surface area contributed by atoms with Crippen LogP contribution in [0.3, 0.4) is 0 Å². The van der Waals surface area contributed by atoms with E-state index in [1.165, 1.54) is 0 Å². The minimum Gasteiger partial charge on any atom is -0.335 e. The van der Waals surface area contributed by atoms with Crippen molar-refractivity contribution in [2.75, 3.05) is 0 Å². The number of carbonyl (C=O) groups excluding carboxylic acids is 1. The van der Waals surface area contributed by atoms with Crippen molar-refractivity contribution >= 4 is 6.03 Å². The molecule has 1 heterocycles. The Bertz CT molecular complexity index is 817. The Morgan fingerprint density at radius 2 is 1.50 bits per heavy atom. The van der Waals surface area contributed by atoms with Gasteiger partial charge in [0.25, 0.3) is 0 Å². The summed E-state index contributed by atoms with van der Waals surface area (Å²) in [5.74, 6) is 0. The van der Waals surface area contributed by atoms with Gasteiger partial charge in [-0.25, -0.2) is 4.79 Å². The molecule has 144 valence electrons. The van der Waals surface area contributed by atoms with Gasteiger partial charge >= 0.3 is 6.03 Å². The van der Waals surface area contributed by atoms with Gasteiger partial charge < -0.3 is 10.6 Å². The summed E-state index contributed by atoms with van der Waals surface area (Å²) in [5, 5.41) is 10.7. The number of carbonyl (C=O) groups is 1. The Balaban J connectivity index is 1.37. The van der Waals surface area contributed by atoms with E-state index in [-0.39, 0.29) is 18.1 Å². The SMILES string of the molecule is O=C(NC1CCC(n2cccn2)CC1)NC(c1ccccc1)c1ccccc1. The summed E-state index contributed by atoms with van der Waals surface area (Å²) in [6.45, 7) is 0. The van der Waals surface area contributed by atoms with Crippen molar-refractivity contribution in [3.63, 3.8) is 0 Å². The maximum absolute atomic E-state index is 12.7. The zero-order valence-electron chi connectivity index (χ0n) is 15.9. The van der Waals surface area contributed by atoms with Gasteiger partial charge in [0.1, 0.15) is 0 Å². The van der Waals surface area contributed by atoms with Gasteiger partial charge in [0.2, 0.25) is 0 Å². The molecule has 2 N–H and O–H groups in total.